The Balaban J connectivity index is 2.14. The molecule has 1 amide bonds. The average Bonchev–Trinajstić information content (AvgIpc) is 2.52. The van der Waals surface area contributed by atoms with Crippen molar-refractivity contribution >= 4 is 17.5 Å². The van der Waals surface area contributed by atoms with Crippen molar-refractivity contribution in [1.82, 2.24) is 5.32 Å². The summed E-state index contributed by atoms with van der Waals surface area (Å²) in [7, 11) is 3.18. The summed E-state index contributed by atoms with van der Waals surface area (Å²) in [6, 6.07) is 11.0. The largest absolute Gasteiger partial charge is 0.493 e. The SMILES string of the molecule is COc1cc2c(cc1OC)[C@H](c1cccc(Cl)c1)NC(=O)C2. The molecule has 0 saturated heterocycles. The molecule has 0 aromatic heterocycles. The number of carbonyl (C=O) groups is 1. The molecule has 4 nitrogen and oxygen atoms in total. The highest BCUT2D eigenvalue weighted by Gasteiger charge is 2.27. The third kappa shape index (κ3) is 2.62. The van der Waals surface area contributed by atoms with Crippen LogP contribution in [0.4, 0.5) is 0 Å². The minimum Gasteiger partial charge on any atom is -0.493 e. The molecule has 1 N–H and O–H groups in total. The molecule has 1 heterocycles. The summed E-state index contributed by atoms with van der Waals surface area (Å²) in [6.07, 6.45) is 0.326. The van der Waals surface area contributed by atoms with E-state index < -0.39 is 0 Å². The van der Waals surface area contributed by atoms with E-state index >= 15 is 0 Å². The number of amides is 1. The van der Waals surface area contributed by atoms with Crippen LogP contribution < -0.4 is 14.8 Å². The highest BCUT2D eigenvalue weighted by Crippen LogP contribution is 2.37. The fourth-order valence-electron chi connectivity index (χ4n) is 2.77. The zero-order valence-corrected chi connectivity index (χ0v) is 13.1. The first-order valence-corrected chi connectivity index (χ1v) is 7.30. The lowest BCUT2D eigenvalue weighted by molar-refractivity contribution is -0.121. The van der Waals surface area contributed by atoms with Crippen molar-refractivity contribution in [2.45, 2.75) is 12.5 Å². The third-order valence-corrected chi connectivity index (χ3v) is 4.03. The van der Waals surface area contributed by atoms with E-state index in [9.17, 15) is 4.79 Å². The van der Waals surface area contributed by atoms with Crippen LogP contribution in [-0.4, -0.2) is 20.1 Å². The van der Waals surface area contributed by atoms with E-state index in [0.717, 1.165) is 16.7 Å². The summed E-state index contributed by atoms with van der Waals surface area (Å²) in [5, 5.41) is 3.65. The van der Waals surface area contributed by atoms with Crippen molar-refractivity contribution in [3.63, 3.8) is 0 Å². The normalized spacial score (nSPS) is 16.7. The topological polar surface area (TPSA) is 47.6 Å². The van der Waals surface area contributed by atoms with E-state index in [1.807, 2.05) is 36.4 Å². The summed E-state index contributed by atoms with van der Waals surface area (Å²) in [5.41, 5.74) is 2.87. The Kier molecular flexibility index (Phi) is 3.94. The second-order valence-electron chi connectivity index (χ2n) is 5.14. The van der Waals surface area contributed by atoms with Gasteiger partial charge in [-0.2, -0.15) is 0 Å². The van der Waals surface area contributed by atoms with Crippen molar-refractivity contribution in [2.24, 2.45) is 0 Å². The van der Waals surface area contributed by atoms with Crippen LogP contribution in [0.25, 0.3) is 0 Å². The molecule has 0 aliphatic carbocycles. The molecule has 0 spiro atoms. The van der Waals surface area contributed by atoms with Crippen molar-refractivity contribution in [3.05, 3.63) is 58.1 Å². The third-order valence-electron chi connectivity index (χ3n) is 3.79. The maximum atomic E-state index is 12.0. The molecule has 2 aromatic rings. The van der Waals surface area contributed by atoms with Gasteiger partial charge in [-0.3, -0.25) is 4.79 Å². The number of carbonyl (C=O) groups excluding carboxylic acids is 1. The number of rotatable bonds is 3. The van der Waals surface area contributed by atoms with E-state index in [4.69, 9.17) is 21.1 Å². The molecule has 0 saturated carbocycles. The summed E-state index contributed by atoms with van der Waals surface area (Å²) >= 11 is 6.08. The van der Waals surface area contributed by atoms with Crippen LogP contribution in [0.5, 0.6) is 11.5 Å². The van der Waals surface area contributed by atoms with Crippen molar-refractivity contribution < 1.29 is 14.3 Å². The van der Waals surface area contributed by atoms with E-state index in [-0.39, 0.29) is 11.9 Å². The Bertz CT molecular complexity index is 730. The Hall–Kier alpha value is -2.20. The van der Waals surface area contributed by atoms with Gasteiger partial charge in [0.15, 0.2) is 11.5 Å². The second-order valence-corrected chi connectivity index (χ2v) is 5.57. The monoisotopic (exact) mass is 317 g/mol. The number of methoxy groups -OCH3 is 2. The highest BCUT2D eigenvalue weighted by molar-refractivity contribution is 6.30. The molecule has 0 fully saturated rings. The molecule has 2 aromatic carbocycles. The minimum absolute atomic E-state index is 0.0234. The van der Waals surface area contributed by atoms with Gasteiger partial charge in [-0.25, -0.2) is 0 Å². The quantitative estimate of drug-likeness (QED) is 0.946. The van der Waals surface area contributed by atoms with Gasteiger partial charge in [-0.1, -0.05) is 23.7 Å². The van der Waals surface area contributed by atoms with Gasteiger partial charge in [0.1, 0.15) is 0 Å². The van der Waals surface area contributed by atoms with Crippen LogP contribution in [0.15, 0.2) is 36.4 Å². The van der Waals surface area contributed by atoms with Crippen LogP contribution in [0, 0.1) is 0 Å². The predicted octanol–water partition coefficient (Wildman–Crippen LogP) is 3.12. The molecule has 5 heteroatoms. The standard InChI is InChI=1S/C17H16ClNO3/c1-21-14-7-11-8-16(20)19-17(13(11)9-15(14)22-2)10-4-3-5-12(18)6-10/h3-7,9,17H,8H2,1-2H3,(H,19,20)/t17-/m0/s1. The Morgan fingerprint density at radius 2 is 1.86 bits per heavy atom. The van der Waals surface area contributed by atoms with Crippen molar-refractivity contribution in [1.29, 1.82) is 0 Å². The molecule has 0 unspecified atom stereocenters. The van der Waals surface area contributed by atoms with Gasteiger partial charge in [-0.05, 0) is 41.0 Å². The van der Waals surface area contributed by atoms with E-state index in [1.165, 1.54) is 0 Å². The van der Waals surface area contributed by atoms with Gasteiger partial charge >= 0.3 is 0 Å². The Morgan fingerprint density at radius 1 is 1.14 bits per heavy atom. The van der Waals surface area contributed by atoms with Gasteiger partial charge in [0.2, 0.25) is 5.91 Å². The van der Waals surface area contributed by atoms with E-state index in [0.29, 0.717) is 22.9 Å². The van der Waals surface area contributed by atoms with Gasteiger partial charge in [0.05, 0.1) is 26.7 Å². The number of nitrogens with one attached hydrogen (secondary N) is 1. The number of halogens is 1. The summed E-state index contributed by atoms with van der Waals surface area (Å²) in [5.74, 6) is 1.25. The molecule has 0 bridgehead atoms. The molecule has 1 aliphatic rings. The van der Waals surface area contributed by atoms with E-state index in [2.05, 4.69) is 5.32 Å². The Morgan fingerprint density at radius 3 is 2.55 bits per heavy atom. The first-order chi connectivity index (χ1) is 10.6. The molecule has 1 atom stereocenters. The molecular formula is C17H16ClNO3. The maximum absolute atomic E-state index is 12.0. The number of hydrogen-bond acceptors (Lipinski definition) is 3. The van der Waals surface area contributed by atoms with Crippen molar-refractivity contribution in [3.8, 4) is 11.5 Å². The lowest BCUT2D eigenvalue weighted by Crippen LogP contribution is -2.35. The summed E-state index contributed by atoms with van der Waals surface area (Å²) in [6.45, 7) is 0. The summed E-state index contributed by atoms with van der Waals surface area (Å²) in [4.78, 5) is 12.0. The maximum Gasteiger partial charge on any atom is 0.225 e. The predicted molar refractivity (Wildman–Crippen MR) is 84.7 cm³/mol. The van der Waals surface area contributed by atoms with Crippen molar-refractivity contribution in [2.75, 3.05) is 14.2 Å². The van der Waals surface area contributed by atoms with Crippen LogP contribution in [0.3, 0.4) is 0 Å². The average molecular weight is 318 g/mol. The first-order valence-electron chi connectivity index (χ1n) is 6.92. The fraction of sp³-hybridized carbons (Fsp3) is 0.235. The number of fused-ring (bicyclic) bond motifs is 1. The van der Waals surface area contributed by atoms with Crippen LogP contribution in [-0.2, 0) is 11.2 Å². The molecule has 0 radical (unpaired) electrons. The second kappa shape index (κ2) is 5.89. The molecule has 3 rings (SSSR count). The smallest absolute Gasteiger partial charge is 0.225 e. The van der Waals surface area contributed by atoms with Gasteiger partial charge in [0.25, 0.3) is 0 Å². The summed E-state index contributed by atoms with van der Waals surface area (Å²) < 4.78 is 10.7. The van der Waals surface area contributed by atoms with E-state index in [1.54, 1.807) is 14.2 Å². The van der Waals surface area contributed by atoms with Gasteiger partial charge < -0.3 is 14.8 Å². The number of benzene rings is 2. The molecule has 1 aliphatic heterocycles. The number of ether oxygens (including phenoxy) is 2. The van der Waals surface area contributed by atoms with Crippen LogP contribution in [0.1, 0.15) is 22.7 Å². The Labute approximate surface area is 134 Å². The van der Waals surface area contributed by atoms with Gasteiger partial charge in [-0.15, -0.1) is 0 Å². The highest BCUT2D eigenvalue weighted by atomic mass is 35.5. The fourth-order valence-corrected chi connectivity index (χ4v) is 2.97. The molecule has 114 valence electrons. The molecule has 22 heavy (non-hydrogen) atoms. The van der Waals surface area contributed by atoms with Gasteiger partial charge in [0, 0.05) is 5.02 Å². The number of hydrogen-bond donors (Lipinski definition) is 1. The zero-order valence-electron chi connectivity index (χ0n) is 12.4. The van der Waals surface area contributed by atoms with Crippen LogP contribution >= 0.6 is 11.6 Å². The molecular weight excluding hydrogens is 302 g/mol. The minimum atomic E-state index is -0.241. The lowest BCUT2D eigenvalue weighted by atomic mass is 9.89. The lowest BCUT2D eigenvalue weighted by Gasteiger charge is -2.28. The zero-order chi connectivity index (χ0) is 15.7. The van der Waals surface area contributed by atoms with Crippen LogP contribution in [0.2, 0.25) is 5.02 Å². The first kappa shape index (κ1) is 14.7.